The first-order valence-electron chi connectivity index (χ1n) is 6.02. The molecular weight excluding hydrogens is 264 g/mol. The van der Waals surface area contributed by atoms with E-state index in [0.29, 0.717) is 17.0 Å². The summed E-state index contributed by atoms with van der Waals surface area (Å²) < 4.78 is 6.84. The molecule has 5 N–H and O–H groups in total. The third-order valence-corrected chi connectivity index (χ3v) is 3.36. The van der Waals surface area contributed by atoms with Crippen molar-refractivity contribution in [3.63, 3.8) is 0 Å². The van der Waals surface area contributed by atoms with E-state index in [2.05, 4.69) is 20.3 Å². The van der Waals surface area contributed by atoms with Crippen LogP contribution in [-0.2, 0) is 4.74 Å². The van der Waals surface area contributed by atoms with Gasteiger partial charge in [0.2, 0.25) is 5.95 Å². The van der Waals surface area contributed by atoms with E-state index in [-0.39, 0.29) is 5.95 Å². The van der Waals surface area contributed by atoms with Gasteiger partial charge in [-0.2, -0.15) is 9.97 Å². The monoisotopic (exact) mass is 279 g/mol. The van der Waals surface area contributed by atoms with Crippen molar-refractivity contribution in [2.45, 2.75) is 24.9 Å². The predicted molar refractivity (Wildman–Crippen MR) is 70.3 cm³/mol. The lowest BCUT2D eigenvalue weighted by Gasteiger charge is -2.27. The van der Waals surface area contributed by atoms with Gasteiger partial charge in [-0.3, -0.25) is 4.57 Å². The van der Waals surface area contributed by atoms with Crippen LogP contribution in [0.5, 0.6) is 0 Å². The number of hydrogen-bond acceptors (Lipinski definition) is 8. The molecule has 1 aliphatic heterocycles. The molecule has 0 saturated carbocycles. The highest BCUT2D eigenvalue weighted by atomic mass is 16.5. The molecule has 3 rings (SSSR count). The normalized spacial score (nSPS) is 30.0. The van der Waals surface area contributed by atoms with Crippen molar-refractivity contribution in [3.8, 4) is 0 Å². The van der Waals surface area contributed by atoms with Gasteiger partial charge in [-0.05, 0) is 6.92 Å². The molecule has 0 aromatic carbocycles. The number of nitrogens with one attached hydrogen (secondary N) is 1. The van der Waals surface area contributed by atoms with Crippen molar-refractivity contribution in [2.24, 2.45) is 0 Å². The number of aliphatic hydroxyl groups is 2. The molecule has 0 aliphatic carbocycles. The lowest BCUT2D eigenvalue weighted by molar-refractivity contribution is -0.0919. The van der Waals surface area contributed by atoms with E-state index in [9.17, 15) is 10.2 Å². The molecule has 0 bridgehead atoms. The second kappa shape index (κ2) is 4.27. The van der Waals surface area contributed by atoms with Gasteiger partial charge in [-0.15, -0.1) is 0 Å². The van der Waals surface area contributed by atoms with Crippen molar-refractivity contribution in [2.75, 3.05) is 18.1 Å². The Kier molecular flexibility index (Phi) is 2.78. The van der Waals surface area contributed by atoms with E-state index in [1.165, 1.54) is 24.4 Å². The zero-order valence-corrected chi connectivity index (χ0v) is 11.0. The molecule has 1 aliphatic rings. The molecule has 3 atom stereocenters. The van der Waals surface area contributed by atoms with Crippen LogP contribution in [0.1, 0.15) is 13.2 Å². The van der Waals surface area contributed by atoms with Crippen molar-refractivity contribution < 1.29 is 14.9 Å². The number of rotatable bonds is 2. The molecule has 9 heteroatoms. The van der Waals surface area contributed by atoms with Crippen molar-refractivity contribution in [1.29, 1.82) is 0 Å². The third-order valence-electron chi connectivity index (χ3n) is 3.36. The van der Waals surface area contributed by atoms with E-state index < -0.39 is 17.9 Å². The number of imidazole rings is 1. The molecule has 3 unspecified atom stereocenters. The average molecular weight is 279 g/mol. The molecule has 9 nitrogen and oxygen atoms in total. The van der Waals surface area contributed by atoms with Crippen molar-refractivity contribution in [3.05, 3.63) is 12.9 Å². The Labute approximate surface area is 114 Å². The quantitative estimate of drug-likeness (QED) is 0.565. The maximum Gasteiger partial charge on any atom is 0.224 e. The van der Waals surface area contributed by atoms with Crippen LogP contribution in [0.15, 0.2) is 6.33 Å². The standard InChI is InChI=1S/C11H15N6O3/c1-11(19)5(18)3-20-9(11)17-4-14-6-7(13-2)15-10(12)16-8(6)17/h3-5,9,18-19H,1-2H3,(H3,12,13,15,16). The molecule has 1 fully saturated rings. The number of hydrogen-bond donors (Lipinski definition) is 4. The summed E-state index contributed by atoms with van der Waals surface area (Å²) >= 11 is 0. The summed E-state index contributed by atoms with van der Waals surface area (Å²) in [6.45, 7) is 2.65. The van der Waals surface area contributed by atoms with Crippen LogP contribution < -0.4 is 11.1 Å². The fourth-order valence-corrected chi connectivity index (χ4v) is 2.20. The van der Waals surface area contributed by atoms with Crippen LogP contribution in [0.2, 0.25) is 0 Å². The van der Waals surface area contributed by atoms with Gasteiger partial charge < -0.3 is 26.0 Å². The summed E-state index contributed by atoms with van der Waals surface area (Å²) in [4.78, 5) is 12.3. The fourth-order valence-electron chi connectivity index (χ4n) is 2.20. The maximum absolute atomic E-state index is 10.3. The van der Waals surface area contributed by atoms with Gasteiger partial charge in [0.05, 0.1) is 6.33 Å². The van der Waals surface area contributed by atoms with Gasteiger partial charge in [0.1, 0.15) is 18.3 Å². The molecule has 2 aromatic rings. The number of ether oxygens (including phenoxy) is 1. The summed E-state index contributed by atoms with van der Waals surface area (Å²) in [5, 5.41) is 22.9. The van der Waals surface area contributed by atoms with Gasteiger partial charge in [-0.25, -0.2) is 4.98 Å². The van der Waals surface area contributed by atoms with Crippen LogP contribution in [0.25, 0.3) is 11.2 Å². The lowest BCUT2D eigenvalue weighted by atomic mass is 10.0. The first-order chi connectivity index (χ1) is 9.45. The summed E-state index contributed by atoms with van der Waals surface area (Å²) in [6, 6.07) is 0. The minimum absolute atomic E-state index is 0.0748. The number of aliphatic hydroxyl groups excluding tert-OH is 1. The van der Waals surface area contributed by atoms with Crippen molar-refractivity contribution in [1.82, 2.24) is 19.5 Å². The van der Waals surface area contributed by atoms with Crippen LogP contribution in [0.4, 0.5) is 11.8 Å². The van der Waals surface area contributed by atoms with Crippen molar-refractivity contribution >= 4 is 22.9 Å². The number of nitrogens with two attached hydrogens (primary N) is 1. The number of nitrogens with zero attached hydrogens (tertiary/aromatic N) is 4. The van der Waals surface area contributed by atoms with Gasteiger partial charge in [0, 0.05) is 7.05 Å². The highest BCUT2D eigenvalue weighted by molar-refractivity contribution is 5.84. The maximum atomic E-state index is 10.3. The molecule has 2 aromatic heterocycles. The number of anilines is 2. The van der Waals surface area contributed by atoms with Crippen LogP contribution in [-0.4, -0.2) is 48.5 Å². The van der Waals surface area contributed by atoms with Crippen LogP contribution in [0.3, 0.4) is 0 Å². The molecular formula is C11H15N6O3. The first-order valence-corrected chi connectivity index (χ1v) is 6.02. The number of fused-ring (bicyclic) bond motifs is 1. The minimum Gasteiger partial charge on any atom is -0.387 e. The van der Waals surface area contributed by atoms with E-state index in [0.717, 1.165) is 0 Å². The molecule has 107 valence electrons. The van der Waals surface area contributed by atoms with Gasteiger partial charge in [-0.1, -0.05) is 0 Å². The molecule has 1 radical (unpaired) electrons. The van der Waals surface area contributed by atoms with Gasteiger partial charge in [0.15, 0.2) is 23.2 Å². The SMILES string of the molecule is CNc1nc(N)nc2c1ncn2C1O[CH]C(O)C1(C)O. The summed E-state index contributed by atoms with van der Waals surface area (Å²) in [7, 11) is 1.69. The van der Waals surface area contributed by atoms with Gasteiger partial charge >= 0.3 is 0 Å². The predicted octanol–water partition coefficient (Wildman–Crippen LogP) is -0.747. The molecule has 20 heavy (non-hydrogen) atoms. The van der Waals surface area contributed by atoms with Gasteiger partial charge in [0.25, 0.3) is 0 Å². The second-order valence-corrected chi connectivity index (χ2v) is 4.80. The van der Waals surface area contributed by atoms with E-state index in [1.54, 1.807) is 7.05 Å². The first kappa shape index (κ1) is 13.0. The Bertz CT molecular complexity index is 655. The Hall–Kier alpha value is -1.97. The number of nitrogen functional groups attached to an aromatic ring is 1. The Morgan fingerprint density at radius 1 is 1.50 bits per heavy atom. The molecule has 0 spiro atoms. The molecule has 3 heterocycles. The number of aromatic nitrogens is 4. The topological polar surface area (TPSA) is 131 Å². The highest BCUT2D eigenvalue weighted by Crippen LogP contribution is 2.38. The Morgan fingerprint density at radius 2 is 2.25 bits per heavy atom. The smallest absolute Gasteiger partial charge is 0.224 e. The fraction of sp³-hybridized carbons (Fsp3) is 0.455. The van der Waals surface area contributed by atoms with E-state index in [1.807, 2.05) is 0 Å². The minimum atomic E-state index is -1.49. The van der Waals surface area contributed by atoms with Crippen LogP contribution in [0, 0.1) is 6.61 Å². The second-order valence-electron chi connectivity index (χ2n) is 4.80. The van der Waals surface area contributed by atoms with E-state index >= 15 is 0 Å². The summed E-state index contributed by atoms with van der Waals surface area (Å²) in [5.74, 6) is 0.555. The average Bonchev–Trinajstić information content (AvgIpc) is 2.91. The molecule has 1 saturated heterocycles. The largest absolute Gasteiger partial charge is 0.387 e. The summed E-state index contributed by atoms with van der Waals surface area (Å²) in [5.41, 5.74) is 5.08. The lowest BCUT2D eigenvalue weighted by Crippen LogP contribution is -2.41. The zero-order chi connectivity index (χ0) is 14.5. The summed E-state index contributed by atoms with van der Waals surface area (Å²) in [6.07, 6.45) is -0.487. The highest BCUT2D eigenvalue weighted by Gasteiger charge is 2.48. The Balaban J connectivity index is 2.16. The van der Waals surface area contributed by atoms with E-state index in [4.69, 9.17) is 10.5 Å². The molecule has 0 amide bonds. The van der Waals surface area contributed by atoms with Crippen LogP contribution >= 0.6 is 0 Å². The Morgan fingerprint density at radius 3 is 2.85 bits per heavy atom. The zero-order valence-electron chi connectivity index (χ0n) is 11.0. The third kappa shape index (κ3) is 1.71.